The van der Waals surface area contributed by atoms with Gasteiger partial charge in [0.05, 0.1) is 16.3 Å². The Morgan fingerprint density at radius 3 is 2.82 bits per heavy atom. The molecule has 2 aromatic rings. The molecule has 0 saturated heterocycles. The minimum Gasteiger partial charge on any atom is -0.504 e. The second-order valence-corrected chi connectivity index (χ2v) is 3.74. The summed E-state index contributed by atoms with van der Waals surface area (Å²) in [7, 11) is 0. The number of aromatic nitrogens is 1. The number of aromatic hydroxyl groups is 1. The van der Waals surface area contributed by atoms with Gasteiger partial charge >= 0.3 is 0 Å². The van der Waals surface area contributed by atoms with E-state index in [0.29, 0.717) is 5.56 Å². The summed E-state index contributed by atoms with van der Waals surface area (Å²) < 4.78 is 0. The lowest BCUT2D eigenvalue weighted by Gasteiger charge is -2.07. The van der Waals surface area contributed by atoms with E-state index >= 15 is 0 Å². The van der Waals surface area contributed by atoms with Gasteiger partial charge in [-0.05, 0) is 24.3 Å². The predicted octanol–water partition coefficient (Wildman–Crippen LogP) is 2.69. The molecule has 4 nitrogen and oxygen atoms in total. The fraction of sp³-hybridized carbons (Fsp3) is 0. The van der Waals surface area contributed by atoms with Crippen molar-refractivity contribution in [2.45, 2.75) is 0 Å². The zero-order valence-electron chi connectivity index (χ0n) is 8.72. The summed E-state index contributed by atoms with van der Waals surface area (Å²) in [6.07, 6.45) is 3.02. The highest BCUT2D eigenvalue weighted by molar-refractivity contribution is 6.32. The van der Waals surface area contributed by atoms with E-state index in [-0.39, 0.29) is 22.4 Å². The van der Waals surface area contributed by atoms with E-state index in [2.05, 4.69) is 10.3 Å². The summed E-state index contributed by atoms with van der Waals surface area (Å²) >= 11 is 5.73. The van der Waals surface area contributed by atoms with Gasteiger partial charge in [0.2, 0.25) is 0 Å². The first-order valence-electron chi connectivity index (χ1n) is 4.87. The van der Waals surface area contributed by atoms with Crippen LogP contribution in [0.4, 0.5) is 5.69 Å². The number of anilines is 1. The number of rotatable bonds is 2. The number of benzene rings is 1. The zero-order valence-corrected chi connectivity index (χ0v) is 9.48. The fourth-order valence-electron chi connectivity index (χ4n) is 1.31. The van der Waals surface area contributed by atoms with Crippen molar-refractivity contribution in [3.8, 4) is 5.75 Å². The van der Waals surface area contributed by atoms with E-state index in [0.717, 1.165) is 0 Å². The largest absolute Gasteiger partial charge is 0.504 e. The average molecular weight is 249 g/mol. The summed E-state index contributed by atoms with van der Waals surface area (Å²) in [5.74, 6) is -0.498. The summed E-state index contributed by atoms with van der Waals surface area (Å²) in [6.45, 7) is 0. The first kappa shape index (κ1) is 11.4. The molecule has 1 aromatic heterocycles. The maximum atomic E-state index is 11.8. The zero-order chi connectivity index (χ0) is 12.3. The maximum absolute atomic E-state index is 11.8. The molecule has 0 spiro atoms. The van der Waals surface area contributed by atoms with Crippen LogP contribution in [0.5, 0.6) is 5.75 Å². The average Bonchev–Trinajstić information content (AvgIpc) is 2.36. The maximum Gasteiger partial charge on any atom is 0.257 e. The Hall–Kier alpha value is -2.07. The van der Waals surface area contributed by atoms with Gasteiger partial charge in [0.1, 0.15) is 0 Å². The van der Waals surface area contributed by atoms with Crippen LogP contribution in [0.15, 0.2) is 42.7 Å². The highest BCUT2D eigenvalue weighted by atomic mass is 35.5. The van der Waals surface area contributed by atoms with E-state index in [9.17, 15) is 9.90 Å². The molecule has 0 aliphatic carbocycles. The smallest absolute Gasteiger partial charge is 0.257 e. The topological polar surface area (TPSA) is 62.2 Å². The first-order chi connectivity index (χ1) is 8.18. The van der Waals surface area contributed by atoms with E-state index in [1.165, 1.54) is 12.3 Å². The Bertz CT molecular complexity index is 543. The number of carbonyl (C=O) groups excluding carboxylic acids is 1. The molecule has 2 N–H and O–H groups in total. The summed E-state index contributed by atoms with van der Waals surface area (Å²) in [4.78, 5) is 15.6. The summed E-state index contributed by atoms with van der Waals surface area (Å²) in [5, 5.41) is 12.4. The minimum absolute atomic E-state index is 0.147. The number of amides is 1. The molecule has 86 valence electrons. The van der Waals surface area contributed by atoms with Gasteiger partial charge in [0.25, 0.3) is 5.91 Å². The molecule has 0 aliphatic rings. The van der Waals surface area contributed by atoms with Crippen molar-refractivity contribution in [1.82, 2.24) is 4.98 Å². The normalized spacial score (nSPS) is 9.94. The molecule has 0 bridgehead atoms. The summed E-state index contributed by atoms with van der Waals surface area (Å²) in [5.41, 5.74) is 0.679. The van der Waals surface area contributed by atoms with Crippen LogP contribution in [-0.4, -0.2) is 16.0 Å². The second kappa shape index (κ2) is 4.84. The number of hydrogen-bond donors (Lipinski definition) is 2. The van der Waals surface area contributed by atoms with Crippen LogP contribution < -0.4 is 5.32 Å². The Kier molecular flexibility index (Phi) is 3.25. The monoisotopic (exact) mass is 248 g/mol. The lowest BCUT2D eigenvalue weighted by atomic mass is 10.2. The van der Waals surface area contributed by atoms with Crippen LogP contribution in [-0.2, 0) is 0 Å². The number of pyridine rings is 1. The van der Waals surface area contributed by atoms with Crippen LogP contribution >= 0.6 is 11.6 Å². The van der Waals surface area contributed by atoms with E-state index in [4.69, 9.17) is 11.6 Å². The van der Waals surface area contributed by atoms with Gasteiger partial charge < -0.3 is 10.4 Å². The van der Waals surface area contributed by atoms with Crippen LogP contribution in [0.1, 0.15) is 10.4 Å². The van der Waals surface area contributed by atoms with E-state index < -0.39 is 0 Å². The molecular formula is C12H9ClN2O2. The van der Waals surface area contributed by atoms with Crippen LogP contribution in [0.2, 0.25) is 5.02 Å². The molecule has 2 rings (SSSR count). The van der Waals surface area contributed by atoms with Gasteiger partial charge in [-0.1, -0.05) is 17.7 Å². The van der Waals surface area contributed by atoms with Crippen molar-refractivity contribution in [2.24, 2.45) is 0 Å². The first-order valence-corrected chi connectivity index (χ1v) is 5.25. The van der Waals surface area contributed by atoms with Gasteiger partial charge in [-0.15, -0.1) is 0 Å². The van der Waals surface area contributed by atoms with Gasteiger partial charge in [-0.2, -0.15) is 0 Å². The minimum atomic E-state index is -0.351. The molecule has 0 atom stereocenters. The third-order valence-electron chi connectivity index (χ3n) is 2.16. The van der Waals surface area contributed by atoms with Gasteiger partial charge in [0, 0.05) is 12.4 Å². The third kappa shape index (κ3) is 2.54. The number of nitrogens with one attached hydrogen (secondary N) is 1. The highest BCUT2D eigenvalue weighted by Gasteiger charge is 2.10. The standard InChI is InChI=1S/C12H9ClN2O2/c13-9-4-1-5-10(11(9)16)15-12(17)8-3-2-6-14-7-8/h1-7,16H,(H,15,17). The lowest BCUT2D eigenvalue weighted by Crippen LogP contribution is -2.12. The lowest BCUT2D eigenvalue weighted by molar-refractivity contribution is 0.102. The fourth-order valence-corrected chi connectivity index (χ4v) is 1.48. The molecule has 0 radical (unpaired) electrons. The Balaban J connectivity index is 2.22. The molecule has 1 aromatic carbocycles. The Morgan fingerprint density at radius 1 is 1.29 bits per heavy atom. The van der Waals surface area contributed by atoms with Crippen molar-refractivity contribution in [1.29, 1.82) is 0 Å². The highest BCUT2D eigenvalue weighted by Crippen LogP contribution is 2.31. The number of hydrogen-bond acceptors (Lipinski definition) is 3. The molecular weight excluding hydrogens is 240 g/mol. The van der Waals surface area contributed by atoms with Crippen molar-refractivity contribution >= 4 is 23.2 Å². The number of nitrogens with zero attached hydrogens (tertiary/aromatic N) is 1. The summed E-state index contributed by atoms with van der Waals surface area (Å²) in [6, 6.07) is 8.03. The Labute approximate surface area is 103 Å². The molecule has 0 fully saturated rings. The van der Waals surface area contributed by atoms with Crippen molar-refractivity contribution < 1.29 is 9.90 Å². The van der Waals surface area contributed by atoms with Crippen molar-refractivity contribution in [2.75, 3.05) is 5.32 Å². The third-order valence-corrected chi connectivity index (χ3v) is 2.46. The van der Waals surface area contributed by atoms with Gasteiger partial charge in [0.15, 0.2) is 5.75 Å². The predicted molar refractivity (Wildman–Crippen MR) is 65.3 cm³/mol. The van der Waals surface area contributed by atoms with Crippen LogP contribution in [0.25, 0.3) is 0 Å². The molecule has 0 aliphatic heterocycles. The van der Waals surface area contributed by atoms with E-state index in [1.54, 1.807) is 30.5 Å². The van der Waals surface area contributed by atoms with Crippen LogP contribution in [0, 0.1) is 0 Å². The molecule has 17 heavy (non-hydrogen) atoms. The quantitative estimate of drug-likeness (QED) is 0.804. The van der Waals surface area contributed by atoms with Crippen LogP contribution in [0.3, 0.4) is 0 Å². The van der Waals surface area contributed by atoms with E-state index in [1.807, 2.05) is 0 Å². The van der Waals surface area contributed by atoms with Gasteiger partial charge in [-0.25, -0.2) is 0 Å². The molecule has 5 heteroatoms. The van der Waals surface area contributed by atoms with Crippen molar-refractivity contribution in [3.05, 3.63) is 53.3 Å². The Morgan fingerprint density at radius 2 is 2.12 bits per heavy atom. The number of halogens is 1. The molecule has 1 heterocycles. The van der Waals surface area contributed by atoms with Gasteiger partial charge in [-0.3, -0.25) is 9.78 Å². The second-order valence-electron chi connectivity index (χ2n) is 3.33. The SMILES string of the molecule is O=C(Nc1cccc(Cl)c1O)c1cccnc1. The van der Waals surface area contributed by atoms with Crippen molar-refractivity contribution in [3.63, 3.8) is 0 Å². The molecule has 0 unspecified atom stereocenters. The molecule has 1 amide bonds. The number of carbonyl (C=O) groups is 1. The number of para-hydroxylation sites is 1. The number of phenolic OH excluding ortho intramolecular Hbond substituents is 1. The molecule has 0 saturated carbocycles. The number of phenols is 1.